The summed E-state index contributed by atoms with van der Waals surface area (Å²) >= 11 is 3.56. The monoisotopic (exact) mass is 397 g/mol. The summed E-state index contributed by atoms with van der Waals surface area (Å²) in [6, 6.07) is 16.1. The Kier molecular flexibility index (Phi) is 4.34. The van der Waals surface area contributed by atoms with Crippen molar-refractivity contribution in [3.63, 3.8) is 0 Å². The first-order valence-corrected chi connectivity index (χ1v) is 9.48. The third-order valence-corrected chi connectivity index (χ3v) is 5.44. The third-order valence-electron chi connectivity index (χ3n) is 4.76. The average molecular weight is 398 g/mol. The Bertz CT molecular complexity index is 934. The van der Waals surface area contributed by atoms with Gasteiger partial charge in [0, 0.05) is 29.9 Å². The van der Waals surface area contributed by atoms with Crippen LogP contribution in [0, 0.1) is 0 Å². The van der Waals surface area contributed by atoms with Crippen molar-refractivity contribution >= 4 is 38.6 Å². The van der Waals surface area contributed by atoms with Crippen molar-refractivity contribution in [2.75, 3.05) is 11.4 Å². The molecule has 4 rings (SSSR count). The Hall–Kier alpha value is -2.14. The Morgan fingerprint density at radius 1 is 1.16 bits per heavy atom. The van der Waals surface area contributed by atoms with E-state index in [1.807, 2.05) is 47.4 Å². The summed E-state index contributed by atoms with van der Waals surface area (Å²) in [5, 5.41) is 0. The highest BCUT2D eigenvalue weighted by Crippen LogP contribution is 2.36. The first-order chi connectivity index (χ1) is 12.2. The first-order valence-electron chi connectivity index (χ1n) is 8.69. The summed E-state index contributed by atoms with van der Waals surface area (Å²) in [7, 11) is 0. The summed E-state index contributed by atoms with van der Waals surface area (Å²) in [5.41, 5.74) is 3.11. The highest BCUT2D eigenvalue weighted by atomic mass is 79.9. The number of nitrogens with zero attached hydrogens (tertiary/aromatic N) is 3. The molecular weight excluding hydrogens is 378 g/mol. The van der Waals surface area contributed by atoms with Crippen LogP contribution in [-0.4, -0.2) is 22.0 Å². The lowest BCUT2D eigenvalue weighted by Gasteiger charge is -2.18. The minimum Gasteiger partial charge on any atom is -0.328 e. The molecule has 0 aliphatic carbocycles. The van der Waals surface area contributed by atoms with E-state index in [0.29, 0.717) is 13.0 Å². The molecule has 1 amide bonds. The van der Waals surface area contributed by atoms with Gasteiger partial charge in [0.15, 0.2) is 0 Å². The minimum atomic E-state index is 0.124. The van der Waals surface area contributed by atoms with E-state index < -0.39 is 0 Å². The summed E-state index contributed by atoms with van der Waals surface area (Å²) in [6.45, 7) is 3.77. The minimum absolute atomic E-state index is 0.124. The van der Waals surface area contributed by atoms with Crippen LogP contribution >= 0.6 is 15.9 Å². The number of aryl methyl sites for hydroxylation is 1. The molecule has 1 saturated heterocycles. The van der Waals surface area contributed by atoms with Crippen molar-refractivity contribution in [3.05, 3.63) is 58.8 Å². The van der Waals surface area contributed by atoms with Crippen LogP contribution in [0.4, 0.5) is 5.69 Å². The van der Waals surface area contributed by atoms with Gasteiger partial charge in [-0.15, -0.1) is 0 Å². The van der Waals surface area contributed by atoms with E-state index in [1.165, 1.54) is 0 Å². The number of hydrogen-bond acceptors (Lipinski definition) is 2. The number of halogens is 1. The normalized spacial score (nSPS) is 17.6. The van der Waals surface area contributed by atoms with Crippen molar-refractivity contribution in [1.29, 1.82) is 0 Å². The fourth-order valence-corrected chi connectivity index (χ4v) is 4.15. The highest BCUT2D eigenvalue weighted by molar-refractivity contribution is 9.10. The van der Waals surface area contributed by atoms with Gasteiger partial charge in [0.25, 0.3) is 0 Å². The van der Waals surface area contributed by atoms with Crippen LogP contribution in [0.5, 0.6) is 0 Å². The molecule has 1 aromatic heterocycles. The second kappa shape index (κ2) is 6.64. The maximum absolute atomic E-state index is 12.7. The molecule has 1 aliphatic rings. The Balaban J connectivity index is 1.72. The molecular formula is C20H20BrN3O. The van der Waals surface area contributed by atoms with Gasteiger partial charge in [-0.25, -0.2) is 4.98 Å². The lowest BCUT2D eigenvalue weighted by molar-refractivity contribution is -0.117. The van der Waals surface area contributed by atoms with E-state index in [9.17, 15) is 4.79 Å². The lowest BCUT2D eigenvalue weighted by Crippen LogP contribution is -2.24. The van der Waals surface area contributed by atoms with Crippen molar-refractivity contribution in [1.82, 2.24) is 9.55 Å². The number of amides is 1. The van der Waals surface area contributed by atoms with Crippen LogP contribution in [0.25, 0.3) is 11.0 Å². The molecule has 0 saturated carbocycles. The van der Waals surface area contributed by atoms with Gasteiger partial charge in [0.1, 0.15) is 5.82 Å². The van der Waals surface area contributed by atoms with Gasteiger partial charge in [-0.05, 0) is 46.6 Å². The molecule has 0 bridgehead atoms. The van der Waals surface area contributed by atoms with Crippen LogP contribution < -0.4 is 4.90 Å². The maximum Gasteiger partial charge on any atom is 0.227 e. The summed E-state index contributed by atoms with van der Waals surface area (Å²) < 4.78 is 3.24. The molecule has 5 heteroatoms. The third kappa shape index (κ3) is 2.86. The van der Waals surface area contributed by atoms with Gasteiger partial charge in [0.2, 0.25) is 5.91 Å². The molecule has 1 atom stereocenters. The van der Waals surface area contributed by atoms with Gasteiger partial charge >= 0.3 is 0 Å². The summed E-state index contributed by atoms with van der Waals surface area (Å²) in [6.07, 6.45) is 1.55. The number of carbonyl (C=O) groups is 1. The maximum atomic E-state index is 12.7. The van der Waals surface area contributed by atoms with Gasteiger partial charge in [-0.2, -0.15) is 0 Å². The van der Waals surface area contributed by atoms with Crippen molar-refractivity contribution in [2.24, 2.45) is 0 Å². The fraction of sp³-hybridized carbons (Fsp3) is 0.300. The molecule has 1 aliphatic heterocycles. The van der Waals surface area contributed by atoms with Crippen molar-refractivity contribution in [2.45, 2.75) is 32.2 Å². The van der Waals surface area contributed by atoms with Crippen molar-refractivity contribution < 1.29 is 4.79 Å². The van der Waals surface area contributed by atoms with Crippen LogP contribution in [0.15, 0.2) is 53.0 Å². The molecule has 2 aromatic carbocycles. The Morgan fingerprint density at radius 2 is 1.92 bits per heavy atom. The largest absolute Gasteiger partial charge is 0.328 e. The molecule has 128 valence electrons. The second-order valence-electron chi connectivity index (χ2n) is 6.47. The molecule has 0 radical (unpaired) electrons. The van der Waals surface area contributed by atoms with Gasteiger partial charge in [-0.1, -0.05) is 31.2 Å². The smallest absolute Gasteiger partial charge is 0.227 e. The fourth-order valence-electron chi connectivity index (χ4n) is 3.65. The number of benzene rings is 2. The number of rotatable bonds is 4. The standard InChI is InChI=1S/C20H20BrN3O/c1-2-11-23-18-10-6-4-8-16(18)22-20(23)14-12-19(25)24(13-14)17-9-5-3-7-15(17)21/h3-10,14H,2,11-13H2,1H3/t14-/m1/s1. The molecule has 25 heavy (non-hydrogen) atoms. The van der Waals surface area contributed by atoms with Crippen LogP contribution in [0.1, 0.15) is 31.5 Å². The molecule has 4 nitrogen and oxygen atoms in total. The molecule has 1 fully saturated rings. The van der Waals surface area contributed by atoms with Gasteiger partial charge in [-0.3, -0.25) is 4.79 Å². The number of aromatic nitrogens is 2. The number of anilines is 1. The second-order valence-corrected chi connectivity index (χ2v) is 7.32. The Labute approximate surface area is 155 Å². The summed E-state index contributed by atoms with van der Waals surface area (Å²) in [4.78, 5) is 19.4. The number of carbonyl (C=O) groups excluding carboxylic acids is 1. The number of hydrogen-bond donors (Lipinski definition) is 0. The number of para-hydroxylation sites is 3. The van der Waals surface area contributed by atoms with Crippen LogP contribution in [0.3, 0.4) is 0 Å². The molecule has 0 spiro atoms. The first kappa shape index (κ1) is 16.3. The predicted octanol–water partition coefficient (Wildman–Crippen LogP) is 4.73. The zero-order chi connectivity index (χ0) is 17.4. The number of imidazole rings is 1. The zero-order valence-electron chi connectivity index (χ0n) is 14.2. The highest BCUT2D eigenvalue weighted by Gasteiger charge is 2.35. The van der Waals surface area contributed by atoms with E-state index in [1.54, 1.807) is 0 Å². The summed E-state index contributed by atoms with van der Waals surface area (Å²) in [5.74, 6) is 1.32. The van der Waals surface area contributed by atoms with Gasteiger partial charge < -0.3 is 9.47 Å². The van der Waals surface area contributed by atoms with Crippen LogP contribution in [0.2, 0.25) is 0 Å². The predicted molar refractivity (Wildman–Crippen MR) is 104 cm³/mol. The van der Waals surface area contributed by atoms with E-state index in [4.69, 9.17) is 4.98 Å². The topological polar surface area (TPSA) is 38.1 Å². The van der Waals surface area contributed by atoms with E-state index in [2.05, 4.69) is 33.5 Å². The zero-order valence-corrected chi connectivity index (χ0v) is 15.7. The van der Waals surface area contributed by atoms with E-state index in [-0.39, 0.29) is 11.8 Å². The van der Waals surface area contributed by atoms with E-state index in [0.717, 1.165) is 40.0 Å². The molecule has 3 aromatic rings. The Morgan fingerprint density at radius 3 is 2.72 bits per heavy atom. The average Bonchev–Trinajstić information content (AvgIpc) is 3.17. The van der Waals surface area contributed by atoms with Crippen molar-refractivity contribution in [3.8, 4) is 0 Å². The molecule has 0 N–H and O–H groups in total. The lowest BCUT2D eigenvalue weighted by atomic mass is 10.1. The van der Waals surface area contributed by atoms with E-state index >= 15 is 0 Å². The SMILES string of the molecule is CCCn1c([C@@H]2CC(=O)N(c3ccccc3Br)C2)nc2ccccc21. The number of fused-ring (bicyclic) bond motifs is 1. The molecule has 2 heterocycles. The van der Waals surface area contributed by atoms with Crippen LogP contribution in [-0.2, 0) is 11.3 Å². The quantitative estimate of drug-likeness (QED) is 0.637. The van der Waals surface area contributed by atoms with Gasteiger partial charge in [0.05, 0.1) is 16.7 Å². The molecule has 0 unspecified atom stereocenters.